The average Bonchev–Trinajstić information content (AvgIpc) is 2.64. The van der Waals surface area contributed by atoms with Crippen molar-refractivity contribution in [3.8, 4) is 5.75 Å². The number of rotatable bonds is 6. The summed E-state index contributed by atoms with van der Waals surface area (Å²) in [6.07, 6.45) is 3.48. The summed E-state index contributed by atoms with van der Waals surface area (Å²) in [7, 11) is -3.92. The lowest BCUT2D eigenvalue weighted by molar-refractivity contribution is -0.134. The summed E-state index contributed by atoms with van der Waals surface area (Å²) < 4.78 is 32.2. The summed E-state index contributed by atoms with van der Waals surface area (Å²) in [5, 5.41) is 9.07. The molecular formula is C18H24N2O5S2. The first-order valence-electron chi connectivity index (χ1n) is 8.42. The highest BCUT2D eigenvalue weighted by Crippen LogP contribution is 2.38. The van der Waals surface area contributed by atoms with Gasteiger partial charge in [-0.05, 0) is 57.2 Å². The molecule has 0 aromatic heterocycles. The molecule has 0 unspecified atom stereocenters. The molecule has 2 rings (SSSR count). The van der Waals surface area contributed by atoms with Crippen LogP contribution in [-0.4, -0.2) is 53.5 Å². The number of hydrogen-bond donors (Lipinski definition) is 2. The summed E-state index contributed by atoms with van der Waals surface area (Å²) in [6, 6.07) is 5.02. The normalized spacial score (nSPS) is 19.6. The fourth-order valence-electron chi connectivity index (χ4n) is 2.87. The van der Waals surface area contributed by atoms with E-state index in [1.807, 2.05) is 6.92 Å². The van der Waals surface area contributed by atoms with Gasteiger partial charge >= 0.3 is 0 Å². The van der Waals surface area contributed by atoms with E-state index in [1.165, 1.54) is 23.9 Å². The second-order valence-electron chi connectivity index (χ2n) is 6.39. The van der Waals surface area contributed by atoms with Crippen molar-refractivity contribution < 1.29 is 23.2 Å². The van der Waals surface area contributed by atoms with Crippen molar-refractivity contribution in [2.75, 3.05) is 18.9 Å². The predicted octanol–water partition coefficient (Wildman–Crippen LogP) is 2.19. The minimum Gasteiger partial charge on any atom is -0.489 e. The zero-order valence-corrected chi connectivity index (χ0v) is 17.1. The Hall–Kier alpha value is -1.77. The quantitative estimate of drug-likeness (QED) is 0.422. The highest BCUT2D eigenvalue weighted by molar-refractivity contribution is 8.00. The van der Waals surface area contributed by atoms with E-state index in [9.17, 15) is 13.2 Å². The molecule has 7 nitrogen and oxygen atoms in total. The van der Waals surface area contributed by atoms with Gasteiger partial charge in [0.15, 0.2) is 0 Å². The number of ether oxygens (including phenoxy) is 1. The van der Waals surface area contributed by atoms with Gasteiger partial charge in [0.2, 0.25) is 10.0 Å². The maximum Gasteiger partial charge on any atom is 0.263 e. The van der Waals surface area contributed by atoms with E-state index in [4.69, 9.17) is 9.94 Å². The number of carbonyl (C=O) groups is 1. The van der Waals surface area contributed by atoms with Crippen LogP contribution in [0.1, 0.15) is 20.8 Å². The maximum absolute atomic E-state index is 13.1. The third-order valence-electron chi connectivity index (χ3n) is 4.14. The molecule has 1 aromatic rings. The Bertz CT molecular complexity index is 828. The van der Waals surface area contributed by atoms with Crippen molar-refractivity contribution in [1.29, 1.82) is 0 Å². The summed E-state index contributed by atoms with van der Waals surface area (Å²) in [5.74, 6) is 0.341. The topological polar surface area (TPSA) is 95.9 Å². The van der Waals surface area contributed by atoms with Crippen LogP contribution in [0.3, 0.4) is 0 Å². The Balaban J connectivity index is 2.27. The van der Waals surface area contributed by atoms with E-state index >= 15 is 0 Å². The predicted molar refractivity (Wildman–Crippen MR) is 104 cm³/mol. The number of hydrogen-bond acceptors (Lipinski definition) is 6. The van der Waals surface area contributed by atoms with E-state index in [2.05, 4.69) is 5.73 Å². The zero-order chi connectivity index (χ0) is 20.1. The van der Waals surface area contributed by atoms with E-state index < -0.39 is 26.7 Å². The minimum atomic E-state index is -3.92. The second-order valence-corrected chi connectivity index (χ2v) is 10.0. The van der Waals surface area contributed by atoms with Crippen molar-refractivity contribution in [1.82, 2.24) is 9.79 Å². The zero-order valence-electron chi connectivity index (χ0n) is 15.5. The Morgan fingerprint density at radius 3 is 2.70 bits per heavy atom. The number of nitrogens with one attached hydrogen (secondary N) is 1. The fourth-order valence-corrected chi connectivity index (χ4v) is 5.97. The number of amides is 1. The molecule has 1 amide bonds. The number of hydroxylamine groups is 1. The van der Waals surface area contributed by atoms with Gasteiger partial charge in [0.05, 0.1) is 4.90 Å². The van der Waals surface area contributed by atoms with Crippen LogP contribution in [0.5, 0.6) is 5.75 Å². The molecule has 2 N–H and O–H groups in total. The van der Waals surface area contributed by atoms with Crippen molar-refractivity contribution >= 4 is 27.7 Å². The van der Waals surface area contributed by atoms with Gasteiger partial charge in [-0.25, -0.2) is 13.9 Å². The Labute approximate surface area is 164 Å². The molecule has 1 aliphatic rings. The van der Waals surface area contributed by atoms with Crippen LogP contribution in [0.2, 0.25) is 0 Å². The molecule has 27 heavy (non-hydrogen) atoms. The van der Waals surface area contributed by atoms with E-state index in [1.54, 1.807) is 43.6 Å². The standard InChI is InChI=1S/C18H24N2O5S2/c1-4-5-6-12-25-14-7-9-15(10-8-14)27(23,24)20-11-13-26-18(2,3)16(20)17(21)19-22/h4,6-10,16,22H,11-13H2,1-3H3,(H,19,21)/t5?,16-/m0/s1. The van der Waals surface area contributed by atoms with Crippen LogP contribution in [0.15, 0.2) is 47.0 Å². The fraction of sp³-hybridized carbons (Fsp3) is 0.444. The Kier molecular flexibility index (Phi) is 7.13. The molecule has 0 spiro atoms. The number of nitrogens with zero attached hydrogens (tertiary/aromatic N) is 1. The Morgan fingerprint density at radius 1 is 1.44 bits per heavy atom. The van der Waals surface area contributed by atoms with Gasteiger partial charge in [0.1, 0.15) is 18.4 Å². The Morgan fingerprint density at radius 2 is 2.11 bits per heavy atom. The molecule has 0 bridgehead atoms. The average molecular weight is 413 g/mol. The van der Waals surface area contributed by atoms with Gasteiger partial charge in [0, 0.05) is 17.0 Å². The molecule has 1 saturated heterocycles. The summed E-state index contributed by atoms with van der Waals surface area (Å²) in [6.45, 7) is 5.93. The summed E-state index contributed by atoms with van der Waals surface area (Å²) >= 11 is 1.49. The summed E-state index contributed by atoms with van der Waals surface area (Å²) in [4.78, 5) is 12.3. The molecule has 148 valence electrons. The van der Waals surface area contributed by atoms with E-state index in [0.29, 0.717) is 18.1 Å². The molecule has 0 aliphatic carbocycles. The first-order valence-corrected chi connectivity index (χ1v) is 10.8. The van der Waals surface area contributed by atoms with E-state index in [-0.39, 0.29) is 11.4 Å². The SMILES string of the molecule is CC=C=CCOc1ccc(S(=O)(=O)N2CCSC(C)(C)[C@@H]2C(=O)NO)cc1. The number of benzene rings is 1. The van der Waals surface area contributed by atoms with Crippen LogP contribution in [0, 0.1) is 0 Å². The molecule has 1 fully saturated rings. The second kappa shape index (κ2) is 8.95. The summed E-state index contributed by atoms with van der Waals surface area (Å²) in [5.41, 5.74) is 4.48. The van der Waals surface area contributed by atoms with Gasteiger partial charge in [0.25, 0.3) is 5.91 Å². The molecule has 0 radical (unpaired) electrons. The van der Waals surface area contributed by atoms with Gasteiger partial charge in [-0.3, -0.25) is 10.0 Å². The highest BCUT2D eigenvalue weighted by atomic mass is 32.2. The van der Waals surface area contributed by atoms with Gasteiger partial charge in [-0.1, -0.05) is 0 Å². The monoisotopic (exact) mass is 412 g/mol. The number of thioether (sulfide) groups is 1. The van der Waals surface area contributed by atoms with Gasteiger partial charge in [-0.2, -0.15) is 16.1 Å². The van der Waals surface area contributed by atoms with Crippen LogP contribution in [-0.2, 0) is 14.8 Å². The van der Waals surface area contributed by atoms with Crippen molar-refractivity contribution in [3.63, 3.8) is 0 Å². The van der Waals surface area contributed by atoms with E-state index in [0.717, 1.165) is 4.31 Å². The molecular weight excluding hydrogens is 388 g/mol. The van der Waals surface area contributed by atoms with Crippen molar-refractivity contribution in [2.24, 2.45) is 0 Å². The maximum atomic E-state index is 13.1. The van der Waals surface area contributed by atoms with Gasteiger partial charge in [-0.15, -0.1) is 5.73 Å². The first-order chi connectivity index (χ1) is 12.7. The lowest BCUT2D eigenvalue weighted by atomic mass is 10.0. The minimum absolute atomic E-state index is 0.0669. The van der Waals surface area contributed by atoms with Crippen molar-refractivity contribution in [2.45, 2.75) is 36.5 Å². The number of carbonyl (C=O) groups excluding carboxylic acids is 1. The molecule has 1 aliphatic heterocycles. The van der Waals surface area contributed by atoms with Crippen LogP contribution in [0.4, 0.5) is 0 Å². The third-order valence-corrected chi connectivity index (χ3v) is 7.37. The molecule has 1 atom stereocenters. The largest absolute Gasteiger partial charge is 0.489 e. The first kappa shape index (κ1) is 21.5. The lowest BCUT2D eigenvalue weighted by Gasteiger charge is -2.43. The molecule has 9 heteroatoms. The third kappa shape index (κ3) is 4.94. The smallest absolute Gasteiger partial charge is 0.263 e. The molecule has 0 saturated carbocycles. The van der Waals surface area contributed by atoms with Crippen molar-refractivity contribution in [3.05, 3.63) is 42.1 Å². The highest BCUT2D eigenvalue weighted by Gasteiger charge is 2.48. The molecule has 1 heterocycles. The van der Waals surface area contributed by atoms with Crippen LogP contribution < -0.4 is 10.2 Å². The van der Waals surface area contributed by atoms with Crippen LogP contribution >= 0.6 is 11.8 Å². The molecule has 1 aromatic carbocycles. The number of sulfonamides is 1. The lowest BCUT2D eigenvalue weighted by Crippen LogP contribution is -2.61. The van der Waals surface area contributed by atoms with Gasteiger partial charge < -0.3 is 4.74 Å². The van der Waals surface area contributed by atoms with Crippen LogP contribution in [0.25, 0.3) is 0 Å².